The van der Waals surface area contributed by atoms with Gasteiger partial charge in [0.25, 0.3) is 0 Å². The number of hydrogen-bond acceptors (Lipinski definition) is 3. The Morgan fingerprint density at radius 1 is 1.22 bits per heavy atom. The van der Waals surface area contributed by atoms with Crippen LogP contribution in [0, 0.1) is 12.7 Å². The van der Waals surface area contributed by atoms with Crippen LogP contribution in [0.3, 0.4) is 0 Å². The summed E-state index contributed by atoms with van der Waals surface area (Å²) >= 11 is 6.06. The van der Waals surface area contributed by atoms with Gasteiger partial charge in [0.1, 0.15) is 11.9 Å². The van der Waals surface area contributed by atoms with Crippen molar-refractivity contribution >= 4 is 23.2 Å². The van der Waals surface area contributed by atoms with Crippen molar-refractivity contribution in [3.8, 4) is 0 Å². The monoisotopic (exact) mass is 333 g/mol. The number of amides is 1. The van der Waals surface area contributed by atoms with Crippen molar-refractivity contribution in [1.29, 1.82) is 0 Å². The van der Waals surface area contributed by atoms with E-state index in [1.165, 1.54) is 12.1 Å². The lowest BCUT2D eigenvalue weighted by atomic mass is 10.0. The molecule has 1 fully saturated rings. The van der Waals surface area contributed by atoms with Crippen molar-refractivity contribution < 1.29 is 9.18 Å². The summed E-state index contributed by atoms with van der Waals surface area (Å²) in [4.78, 5) is 12.4. The van der Waals surface area contributed by atoms with Crippen molar-refractivity contribution in [2.75, 3.05) is 5.32 Å². The van der Waals surface area contributed by atoms with Crippen LogP contribution in [0.4, 0.5) is 10.1 Å². The minimum atomic E-state index is -0.372. The zero-order valence-electron chi connectivity index (χ0n) is 12.6. The maximum Gasteiger partial charge on any atom is 0.242 e. The molecule has 3 N–H and O–H groups in total. The van der Waals surface area contributed by atoms with E-state index in [0.717, 1.165) is 11.1 Å². The maximum absolute atomic E-state index is 13.0. The van der Waals surface area contributed by atoms with E-state index in [9.17, 15) is 9.18 Å². The molecule has 1 saturated heterocycles. The molecule has 2 aromatic carbocycles. The Hall–Kier alpha value is -1.95. The molecule has 0 spiro atoms. The van der Waals surface area contributed by atoms with Crippen LogP contribution in [0.25, 0.3) is 0 Å². The van der Waals surface area contributed by atoms with E-state index in [1.807, 2.05) is 13.0 Å². The molecule has 1 amide bonds. The maximum atomic E-state index is 13.0. The third-order valence-electron chi connectivity index (χ3n) is 4.02. The van der Waals surface area contributed by atoms with Gasteiger partial charge in [-0.05, 0) is 48.7 Å². The van der Waals surface area contributed by atoms with Gasteiger partial charge in [-0.25, -0.2) is 15.2 Å². The highest BCUT2D eigenvalue weighted by atomic mass is 35.5. The molecule has 0 radical (unpaired) electrons. The van der Waals surface area contributed by atoms with Crippen LogP contribution in [0.1, 0.15) is 23.6 Å². The minimum Gasteiger partial charge on any atom is -0.324 e. The molecule has 0 bridgehead atoms. The first kappa shape index (κ1) is 15.9. The standard InChI is InChI=1S/C17H17ClFN3O/c1-10-13(18)3-2-4-14(10)20-17(23)16-9-15(21-22-16)11-5-7-12(19)8-6-11/h2-8,15-16,21-22H,9H2,1H3,(H,20,23). The van der Waals surface area contributed by atoms with Crippen LogP contribution >= 0.6 is 11.6 Å². The number of anilines is 1. The highest BCUT2D eigenvalue weighted by Gasteiger charge is 2.30. The zero-order chi connectivity index (χ0) is 16.4. The smallest absolute Gasteiger partial charge is 0.242 e. The second kappa shape index (κ2) is 6.66. The quantitative estimate of drug-likeness (QED) is 0.807. The molecule has 0 aromatic heterocycles. The van der Waals surface area contributed by atoms with Crippen LogP contribution in [0.5, 0.6) is 0 Å². The summed E-state index contributed by atoms with van der Waals surface area (Å²) in [6, 6.07) is 11.3. The van der Waals surface area contributed by atoms with Gasteiger partial charge in [-0.3, -0.25) is 4.79 Å². The first-order valence-electron chi connectivity index (χ1n) is 7.37. The molecular weight excluding hydrogens is 317 g/mol. The lowest BCUT2D eigenvalue weighted by Crippen LogP contribution is -2.39. The predicted molar refractivity (Wildman–Crippen MR) is 88.6 cm³/mol. The van der Waals surface area contributed by atoms with Crippen molar-refractivity contribution in [2.45, 2.75) is 25.4 Å². The van der Waals surface area contributed by atoms with Crippen LogP contribution in [-0.2, 0) is 4.79 Å². The molecule has 3 rings (SSSR count). The summed E-state index contributed by atoms with van der Waals surface area (Å²) in [5, 5.41) is 3.50. The van der Waals surface area contributed by atoms with Crippen molar-refractivity contribution in [1.82, 2.24) is 10.9 Å². The molecule has 2 unspecified atom stereocenters. The highest BCUT2D eigenvalue weighted by molar-refractivity contribution is 6.31. The van der Waals surface area contributed by atoms with Gasteiger partial charge in [0.2, 0.25) is 5.91 Å². The fourth-order valence-electron chi connectivity index (χ4n) is 2.60. The molecule has 0 saturated carbocycles. The third kappa shape index (κ3) is 3.52. The SMILES string of the molecule is Cc1c(Cl)cccc1NC(=O)C1CC(c2ccc(F)cc2)NN1. The van der Waals surface area contributed by atoms with E-state index in [1.54, 1.807) is 24.3 Å². The summed E-state index contributed by atoms with van der Waals surface area (Å²) in [7, 11) is 0. The fraction of sp³-hybridized carbons (Fsp3) is 0.235. The normalized spacial score (nSPS) is 20.5. The molecule has 1 aliphatic heterocycles. The Kier molecular flexibility index (Phi) is 4.61. The largest absolute Gasteiger partial charge is 0.324 e. The summed E-state index contributed by atoms with van der Waals surface area (Å²) in [5.74, 6) is -0.405. The van der Waals surface area contributed by atoms with E-state index in [2.05, 4.69) is 16.2 Å². The molecule has 0 aliphatic carbocycles. The number of hydrogen-bond donors (Lipinski definition) is 3. The number of carbonyl (C=O) groups excluding carboxylic acids is 1. The average molecular weight is 334 g/mol. The van der Waals surface area contributed by atoms with Crippen molar-refractivity contribution in [3.63, 3.8) is 0 Å². The second-order valence-electron chi connectivity index (χ2n) is 5.58. The number of carbonyl (C=O) groups is 1. The van der Waals surface area contributed by atoms with Crippen LogP contribution < -0.4 is 16.2 Å². The summed E-state index contributed by atoms with van der Waals surface area (Å²) in [6.07, 6.45) is 0.580. The van der Waals surface area contributed by atoms with E-state index in [0.29, 0.717) is 17.1 Å². The Balaban J connectivity index is 1.65. The molecule has 6 heteroatoms. The number of nitrogens with one attached hydrogen (secondary N) is 3. The summed E-state index contributed by atoms with van der Waals surface area (Å²) < 4.78 is 13.0. The van der Waals surface area contributed by atoms with Crippen LogP contribution in [0.15, 0.2) is 42.5 Å². The molecule has 1 heterocycles. The van der Waals surface area contributed by atoms with Gasteiger partial charge in [0.15, 0.2) is 0 Å². The molecule has 1 aliphatic rings. The molecule has 23 heavy (non-hydrogen) atoms. The number of hydrazine groups is 1. The van der Waals surface area contributed by atoms with E-state index in [-0.39, 0.29) is 23.8 Å². The van der Waals surface area contributed by atoms with E-state index >= 15 is 0 Å². The van der Waals surface area contributed by atoms with Crippen molar-refractivity contribution in [2.24, 2.45) is 0 Å². The van der Waals surface area contributed by atoms with Crippen LogP contribution in [0.2, 0.25) is 5.02 Å². The Bertz CT molecular complexity index is 720. The second-order valence-corrected chi connectivity index (χ2v) is 5.99. The van der Waals surface area contributed by atoms with Gasteiger partial charge >= 0.3 is 0 Å². The third-order valence-corrected chi connectivity index (χ3v) is 4.43. The van der Waals surface area contributed by atoms with E-state index in [4.69, 9.17) is 11.6 Å². The molecule has 4 nitrogen and oxygen atoms in total. The minimum absolute atomic E-state index is 0.0354. The molecule has 2 aromatic rings. The van der Waals surface area contributed by atoms with Crippen molar-refractivity contribution in [3.05, 3.63) is 64.4 Å². The zero-order valence-corrected chi connectivity index (χ0v) is 13.3. The van der Waals surface area contributed by atoms with E-state index < -0.39 is 0 Å². The van der Waals surface area contributed by atoms with Gasteiger partial charge in [0.05, 0.1) is 0 Å². The first-order valence-corrected chi connectivity index (χ1v) is 7.75. The van der Waals surface area contributed by atoms with Gasteiger partial charge in [-0.2, -0.15) is 0 Å². The predicted octanol–water partition coefficient (Wildman–Crippen LogP) is 3.33. The highest BCUT2D eigenvalue weighted by Crippen LogP contribution is 2.25. The summed E-state index contributed by atoms with van der Waals surface area (Å²) in [5.41, 5.74) is 8.54. The fourth-order valence-corrected chi connectivity index (χ4v) is 2.78. The first-order chi connectivity index (χ1) is 11.0. The summed E-state index contributed by atoms with van der Waals surface area (Å²) in [6.45, 7) is 1.86. The number of rotatable bonds is 3. The average Bonchev–Trinajstić information content (AvgIpc) is 3.02. The van der Waals surface area contributed by atoms with Crippen LogP contribution in [-0.4, -0.2) is 11.9 Å². The van der Waals surface area contributed by atoms with Gasteiger partial charge in [-0.15, -0.1) is 0 Å². The molecule has 120 valence electrons. The topological polar surface area (TPSA) is 53.2 Å². The Morgan fingerprint density at radius 2 is 1.96 bits per heavy atom. The van der Waals surface area contributed by atoms with Gasteiger partial charge in [-0.1, -0.05) is 29.8 Å². The lowest BCUT2D eigenvalue weighted by molar-refractivity contribution is -0.117. The number of benzene rings is 2. The lowest BCUT2D eigenvalue weighted by Gasteiger charge is -2.13. The molecular formula is C17H17ClFN3O. The van der Waals surface area contributed by atoms with Gasteiger partial charge < -0.3 is 5.32 Å². The Morgan fingerprint density at radius 3 is 2.70 bits per heavy atom. The molecule has 2 atom stereocenters. The Labute approximate surface area is 139 Å². The van der Waals surface area contributed by atoms with Gasteiger partial charge in [0, 0.05) is 16.8 Å². The number of halogens is 2.